The van der Waals surface area contributed by atoms with Crippen LogP contribution in [0.4, 0.5) is 0 Å². The number of amides is 1. The first-order chi connectivity index (χ1) is 9.49. The highest BCUT2D eigenvalue weighted by Gasteiger charge is 2.17. The molecule has 6 heteroatoms. The highest BCUT2D eigenvalue weighted by molar-refractivity contribution is 5.85. The van der Waals surface area contributed by atoms with Crippen LogP contribution in [-0.4, -0.2) is 38.0 Å². The molecule has 1 rings (SSSR count). The first-order valence-corrected chi connectivity index (χ1v) is 7.22. The van der Waals surface area contributed by atoms with Gasteiger partial charge in [0.05, 0.1) is 6.04 Å². The minimum absolute atomic E-state index is 0. The number of carbonyl (C=O) groups excluding carboxylic acids is 1. The number of halogens is 2. The summed E-state index contributed by atoms with van der Waals surface area (Å²) in [5.41, 5.74) is 8.05. The average molecular weight is 350 g/mol. The fourth-order valence-electron chi connectivity index (χ4n) is 2.05. The fraction of sp³-hybridized carbons (Fsp3) is 0.562. The van der Waals surface area contributed by atoms with Gasteiger partial charge in [0.1, 0.15) is 0 Å². The number of rotatable bonds is 7. The number of benzene rings is 1. The summed E-state index contributed by atoms with van der Waals surface area (Å²) in [7, 11) is 4.05. The van der Waals surface area contributed by atoms with Gasteiger partial charge in [0.15, 0.2) is 0 Å². The van der Waals surface area contributed by atoms with Gasteiger partial charge in [-0.15, -0.1) is 24.8 Å². The van der Waals surface area contributed by atoms with Crippen molar-refractivity contribution in [1.82, 2.24) is 10.2 Å². The summed E-state index contributed by atoms with van der Waals surface area (Å²) in [6, 6.07) is 8.76. The molecule has 2 atom stereocenters. The van der Waals surface area contributed by atoms with E-state index in [1.54, 1.807) is 0 Å². The van der Waals surface area contributed by atoms with Crippen LogP contribution in [0.5, 0.6) is 0 Å². The molecular formula is C16H29Cl2N3O. The minimum Gasteiger partial charge on any atom is -0.354 e. The molecule has 0 radical (unpaired) electrons. The van der Waals surface area contributed by atoms with E-state index in [4.69, 9.17) is 5.73 Å². The summed E-state index contributed by atoms with van der Waals surface area (Å²) >= 11 is 0. The van der Waals surface area contributed by atoms with Crippen molar-refractivity contribution in [2.75, 3.05) is 27.2 Å². The molecule has 0 fully saturated rings. The molecule has 1 amide bonds. The van der Waals surface area contributed by atoms with E-state index in [9.17, 15) is 4.79 Å². The van der Waals surface area contributed by atoms with E-state index in [1.165, 1.54) is 11.1 Å². The monoisotopic (exact) mass is 349 g/mol. The molecule has 0 saturated heterocycles. The van der Waals surface area contributed by atoms with Crippen LogP contribution < -0.4 is 11.1 Å². The van der Waals surface area contributed by atoms with Crippen LogP contribution in [0.15, 0.2) is 24.3 Å². The topological polar surface area (TPSA) is 58.4 Å². The van der Waals surface area contributed by atoms with Gasteiger partial charge in [0, 0.05) is 19.0 Å². The smallest absolute Gasteiger partial charge is 0.224 e. The van der Waals surface area contributed by atoms with E-state index in [2.05, 4.69) is 41.4 Å². The lowest BCUT2D eigenvalue weighted by Gasteiger charge is -2.26. The Morgan fingerprint density at radius 2 is 1.77 bits per heavy atom. The maximum atomic E-state index is 11.8. The quantitative estimate of drug-likeness (QED) is 0.794. The van der Waals surface area contributed by atoms with Gasteiger partial charge in [-0.25, -0.2) is 0 Å². The van der Waals surface area contributed by atoms with E-state index >= 15 is 0 Å². The van der Waals surface area contributed by atoms with Gasteiger partial charge < -0.3 is 16.0 Å². The number of likely N-dealkylation sites (N-methyl/N-ethyl adjacent to an activating group) is 1. The van der Waals surface area contributed by atoms with Gasteiger partial charge in [-0.05, 0) is 31.6 Å². The summed E-state index contributed by atoms with van der Waals surface area (Å²) < 4.78 is 0. The van der Waals surface area contributed by atoms with Crippen molar-refractivity contribution in [3.05, 3.63) is 35.4 Å². The third-order valence-corrected chi connectivity index (χ3v) is 3.67. The second-order valence-electron chi connectivity index (χ2n) is 5.46. The predicted molar refractivity (Wildman–Crippen MR) is 98.0 cm³/mol. The SMILES string of the molecule is CCc1ccc(C(CNC(=O)C(C)CN)N(C)C)cc1.Cl.Cl. The maximum absolute atomic E-state index is 11.8. The lowest BCUT2D eigenvalue weighted by Crippen LogP contribution is -2.38. The summed E-state index contributed by atoms with van der Waals surface area (Å²) in [5, 5.41) is 2.98. The summed E-state index contributed by atoms with van der Waals surface area (Å²) in [5.74, 6) is -0.121. The molecule has 0 aliphatic rings. The Labute approximate surface area is 146 Å². The third kappa shape index (κ3) is 6.97. The molecule has 1 aromatic rings. The maximum Gasteiger partial charge on any atom is 0.224 e. The molecule has 0 aliphatic heterocycles. The Balaban J connectivity index is 0. The molecule has 22 heavy (non-hydrogen) atoms. The molecule has 0 bridgehead atoms. The molecule has 3 N–H and O–H groups in total. The first kappa shape index (κ1) is 23.5. The van der Waals surface area contributed by atoms with Crippen molar-refractivity contribution in [2.24, 2.45) is 11.7 Å². The summed E-state index contributed by atoms with van der Waals surface area (Å²) in [6.45, 7) is 4.97. The number of hydrogen-bond acceptors (Lipinski definition) is 3. The molecule has 0 aliphatic carbocycles. The van der Waals surface area contributed by atoms with Crippen LogP contribution in [0.1, 0.15) is 31.0 Å². The van der Waals surface area contributed by atoms with Gasteiger partial charge >= 0.3 is 0 Å². The Morgan fingerprint density at radius 1 is 1.23 bits per heavy atom. The lowest BCUT2D eigenvalue weighted by molar-refractivity contribution is -0.124. The number of aryl methyl sites for hydroxylation is 1. The van der Waals surface area contributed by atoms with Gasteiger partial charge in [-0.1, -0.05) is 38.1 Å². The summed E-state index contributed by atoms with van der Waals surface area (Å²) in [4.78, 5) is 13.9. The standard InChI is InChI=1S/C16H27N3O.2ClH/c1-5-13-6-8-14(9-7-13)15(19(3)4)11-18-16(20)12(2)10-17;;/h6-9,12,15H,5,10-11,17H2,1-4H3,(H,18,20);2*1H. The van der Waals surface area contributed by atoms with Gasteiger partial charge in [0.25, 0.3) is 0 Å². The van der Waals surface area contributed by atoms with Gasteiger partial charge in [-0.3, -0.25) is 4.79 Å². The number of nitrogens with one attached hydrogen (secondary N) is 1. The normalized spacial score (nSPS) is 12.8. The van der Waals surface area contributed by atoms with Crippen molar-refractivity contribution in [3.63, 3.8) is 0 Å². The zero-order valence-electron chi connectivity index (χ0n) is 13.8. The van der Waals surface area contributed by atoms with E-state index in [1.807, 2.05) is 21.0 Å². The van der Waals surface area contributed by atoms with Crippen LogP contribution in [0.25, 0.3) is 0 Å². The molecule has 0 heterocycles. The lowest BCUT2D eigenvalue weighted by atomic mass is 10.0. The van der Waals surface area contributed by atoms with Crippen molar-refractivity contribution in [3.8, 4) is 0 Å². The second kappa shape index (κ2) is 11.7. The molecule has 1 aromatic carbocycles. The Hall–Kier alpha value is -0.810. The largest absolute Gasteiger partial charge is 0.354 e. The zero-order chi connectivity index (χ0) is 15.1. The van der Waals surface area contributed by atoms with Crippen molar-refractivity contribution in [2.45, 2.75) is 26.3 Å². The number of carbonyl (C=O) groups is 1. The zero-order valence-corrected chi connectivity index (χ0v) is 15.5. The molecule has 0 aromatic heterocycles. The van der Waals surface area contributed by atoms with Gasteiger partial charge in [-0.2, -0.15) is 0 Å². The number of nitrogens with zero attached hydrogens (tertiary/aromatic N) is 1. The molecule has 0 spiro atoms. The predicted octanol–water partition coefficient (Wildman–Crippen LogP) is 2.41. The molecule has 128 valence electrons. The van der Waals surface area contributed by atoms with E-state index in [0.717, 1.165) is 6.42 Å². The highest BCUT2D eigenvalue weighted by Crippen LogP contribution is 2.18. The minimum atomic E-state index is -0.139. The van der Waals surface area contributed by atoms with E-state index < -0.39 is 0 Å². The molecule has 4 nitrogen and oxygen atoms in total. The van der Waals surface area contributed by atoms with Crippen LogP contribution in [0, 0.1) is 5.92 Å². The van der Waals surface area contributed by atoms with Crippen LogP contribution >= 0.6 is 24.8 Å². The highest BCUT2D eigenvalue weighted by atomic mass is 35.5. The average Bonchev–Trinajstić information content (AvgIpc) is 2.46. The second-order valence-corrected chi connectivity index (χ2v) is 5.46. The van der Waals surface area contributed by atoms with Crippen molar-refractivity contribution in [1.29, 1.82) is 0 Å². The van der Waals surface area contributed by atoms with E-state index in [-0.39, 0.29) is 42.7 Å². The fourth-order valence-corrected chi connectivity index (χ4v) is 2.05. The van der Waals surface area contributed by atoms with Crippen LogP contribution in [0.3, 0.4) is 0 Å². The van der Waals surface area contributed by atoms with Crippen molar-refractivity contribution < 1.29 is 4.79 Å². The third-order valence-electron chi connectivity index (χ3n) is 3.67. The summed E-state index contributed by atoms with van der Waals surface area (Å²) in [6.07, 6.45) is 1.04. The molecule has 2 unspecified atom stereocenters. The Morgan fingerprint density at radius 3 is 2.18 bits per heavy atom. The van der Waals surface area contributed by atoms with Crippen LogP contribution in [-0.2, 0) is 11.2 Å². The molecular weight excluding hydrogens is 321 g/mol. The Bertz CT molecular complexity index is 424. The number of nitrogens with two attached hydrogens (primary N) is 1. The first-order valence-electron chi connectivity index (χ1n) is 7.22. The molecule has 0 saturated carbocycles. The van der Waals surface area contributed by atoms with Crippen LogP contribution in [0.2, 0.25) is 0 Å². The van der Waals surface area contributed by atoms with E-state index in [0.29, 0.717) is 13.1 Å². The van der Waals surface area contributed by atoms with Gasteiger partial charge in [0.2, 0.25) is 5.91 Å². The van der Waals surface area contributed by atoms with Crippen molar-refractivity contribution >= 4 is 30.7 Å². The number of hydrogen-bond donors (Lipinski definition) is 2. The Kier molecular flexibility index (Phi) is 12.5.